The third kappa shape index (κ3) is 4.69. The number of hydrogen-bond donors (Lipinski definition) is 2. The molecule has 0 radical (unpaired) electrons. The van der Waals surface area contributed by atoms with Crippen LogP contribution in [0, 0.1) is 0 Å². The van der Waals surface area contributed by atoms with E-state index in [-0.39, 0.29) is 11.5 Å². The van der Waals surface area contributed by atoms with Crippen LogP contribution in [0.2, 0.25) is 0 Å². The van der Waals surface area contributed by atoms with Crippen LogP contribution >= 0.6 is 0 Å². The predicted octanol–water partition coefficient (Wildman–Crippen LogP) is 3.16. The summed E-state index contributed by atoms with van der Waals surface area (Å²) in [5.41, 5.74) is 1.86. The lowest BCUT2D eigenvalue weighted by Crippen LogP contribution is -2.40. The van der Waals surface area contributed by atoms with Gasteiger partial charge in [0, 0.05) is 25.2 Å². The first kappa shape index (κ1) is 21.1. The highest BCUT2D eigenvalue weighted by molar-refractivity contribution is 6.31. The normalized spacial score (nSPS) is 19.4. The summed E-state index contributed by atoms with van der Waals surface area (Å²) in [6.45, 7) is 7.40. The third-order valence-corrected chi connectivity index (χ3v) is 5.44. The number of rotatable bonds is 4. The summed E-state index contributed by atoms with van der Waals surface area (Å²) in [6.07, 6.45) is 4.76. The zero-order valence-corrected chi connectivity index (χ0v) is 17.6. The maximum absolute atomic E-state index is 13.6. The van der Waals surface area contributed by atoms with Crippen molar-refractivity contribution in [2.45, 2.75) is 58.4 Å². The van der Waals surface area contributed by atoms with E-state index in [9.17, 15) is 14.7 Å². The molecule has 0 unspecified atom stereocenters. The summed E-state index contributed by atoms with van der Waals surface area (Å²) in [5, 5.41) is 13.5. The first-order valence-electron chi connectivity index (χ1n) is 10.5. The molecule has 0 spiro atoms. The van der Waals surface area contributed by atoms with E-state index >= 15 is 0 Å². The van der Waals surface area contributed by atoms with Gasteiger partial charge in [-0.3, -0.25) is 14.6 Å². The molecule has 1 aromatic carbocycles. The Balaban J connectivity index is 2.14. The number of aliphatic imine (C=N–C) groups is 1. The summed E-state index contributed by atoms with van der Waals surface area (Å²) >= 11 is 0. The van der Waals surface area contributed by atoms with Crippen LogP contribution in [0.3, 0.4) is 0 Å². The van der Waals surface area contributed by atoms with Gasteiger partial charge in [-0.1, -0.05) is 37.1 Å². The predicted molar refractivity (Wildman–Crippen MR) is 114 cm³/mol. The second-order valence-corrected chi connectivity index (χ2v) is 8.40. The smallest absolute Gasteiger partial charge is 0.287 e. The molecule has 2 aliphatic rings. The van der Waals surface area contributed by atoms with Gasteiger partial charge in [-0.05, 0) is 45.6 Å². The largest absolute Gasteiger partial charge is 0.502 e. The fourth-order valence-corrected chi connectivity index (χ4v) is 4.07. The van der Waals surface area contributed by atoms with Crippen molar-refractivity contribution in [2.75, 3.05) is 19.6 Å². The molecule has 0 atom stereocenters. The first-order chi connectivity index (χ1) is 13.8. The maximum atomic E-state index is 13.6. The minimum absolute atomic E-state index is 0.0121. The molecule has 2 N–H and O–H groups in total. The lowest BCUT2D eigenvalue weighted by molar-refractivity contribution is -0.127. The molecule has 156 valence electrons. The molecule has 0 saturated carbocycles. The van der Waals surface area contributed by atoms with E-state index in [1.165, 1.54) is 0 Å². The number of aliphatic hydroxyl groups is 1. The van der Waals surface area contributed by atoms with Crippen LogP contribution in [0.1, 0.15) is 57.6 Å². The first-order valence-corrected chi connectivity index (χ1v) is 10.5. The van der Waals surface area contributed by atoms with E-state index in [1.807, 2.05) is 38.1 Å². The monoisotopic (exact) mass is 397 g/mol. The molecule has 1 aromatic rings. The zero-order valence-electron chi connectivity index (χ0n) is 17.6. The number of amides is 2. The molecular formula is C23H31N3O3. The van der Waals surface area contributed by atoms with E-state index in [1.54, 1.807) is 11.8 Å². The SMILES string of the molecule is CCNC(=O)C(O)=C(C(=O)N1CCCCCC1)C1=NC(C)(C)Cc2ccccc21. The van der Waals surface area contributed by atoms with Crippen LogP contribution < -0.4 is 5.32 Å². The van der Waals surface area contributed by atoms with Crippen molar-refractivity contribution < 1.29 is 14.7 Å². The highest BCUT2D eigenvalue weighted by Gasteiger charge is 2.35. The van der Waals surface area contributed by atoms with Crippen molar-refractivity contribution in [3.05, 3.63) is 46.7 Å². The van der Waals surface area contributed by atoms with Gasteiger partial charge in [0.05, 0.1) is 11.3 Å². The molecule has 6 nitrogen and oxygen atoms in total. The van der Waals surface area contributed by atoms with Gasteiger partial charge in [0.15, 0.2) is 5.76 Å². The van der Waals surface area contributed by atoms with Crippen molar-refractivity contribution in [3.8, 4) is 0 Å². The van der Waals surface area contributed by atoms with Crippen LogP contribution in [0.5, 0.6) is 0 Å². The van der Waals surface area contributed by atoms with Gasteiger partial charge in [-0.2, -0.15) is 0 Å². The van der Waals surface area contributed by atoms with Gasteiger partial charge in [-0.25, -0.2) is 0 Å². The highest BCUT2D eigenvalue weighted by atomic mass is 16.3. The molecule has 0 bridgehead atoms. The van der Waals surface area contributed by atoms with E-state index in [4.69, 9.17) is 4.99 Å². The summed E-state index contributed by atoms with van der Waals surface area (Å²) in [4.78, 5) is 32.7. The van der Waals surface area contributed by atoms with Gasteiger partial charge < -0.3 is 15.3 Å². The maximum Gasteiger partial charge on any atom is 0.287 e. The standard InChI is InChI=1S/C23H31N3O3/c1-4-24-21(28)20(27)18(22(29)26-13-9-5-6-10-14-26)19-17-12-8-7-11-16(17)15-23(2,3)25-19/h7-8,11-12,27H,4-6,9-10,13-15H2,1-3H3,(H,24,28). The van der Waals surface area contributed by atoms with E-state index in [0.29, 0.717) is 25.3 Å². The van der Waals surface area contributed by atoms with Crippen LogP contribution in [-0.2, 0) is 16.0 Å². The fraction of sp³-hybridized carbons (Fsp3) is 0.522. The minimum Gasteiger partial charge on any atom is -0.502 e. The van der Waals surface area contributed by atoms with E-state index in [2.05, 4.69) is 5.32 Å². The molecule has 1 fully saturated rings. The van der Waals surface area contributed by atoms with Crippen molar-refractivity contribution in [1.82, 2.24) is 10.2 Å². The average Bonchev–Trinajstić information content (AvgIpc) is 2.96. The molecule has 2 heterocycles. The van der Waals surface area contributed by atoms with Crippen LogP contribution in [0.25, 0.3) is 0 Å². The average molecular weight is 398 g/mol. The number of hydrogen-bond acceptors (Lipinski definition) is 4. The van der Waals surface area contributed by atoms with Gasteiger partial charge in [-0.15, -0.1) is 0 Å². The number of likely N-dealkylation sites (N-methyl/N-ethyl adjacent to an activating group) is 1. The number of aliphatic hydroxyl groups excluding tert-OH is 1. The summed E-state index contributed by atoms with van der Waals surface area (Å²) < 4.78 is 0. The molecule has 29 heavy (non-hydrogen) atoms. The van der Waals surface area contributed by atoms with Crippen LogP contribution in [0.15, 0.2) is 40.6 Å². The molecular weight excluding hydrogens is 366 g/mol. The van der Waals surface area contributed by atoms with Crippen LogP contribution in [-0.4, -0.2) is 52.7 Å². The Morgan fingerprint density at radius 1 is 1.14 bits per heavy atom. The quantitative estimate of drug-likeness (QED) is 0.605. The lowest BCUT2D eigenvalue weighted by atomic mass is 9.84. The Morgan fingerprint density at radius 3 is 2.45 bits per heavy atom. The topological polar surface area (TPSA) is 82.0 Å². The Morgan fingerprint density at radius 2 is 1.79 bits per heavy atom. The number of nitrogens with zero attached hydrogens (tertiary/aromatic N) is 2. The minimum atomic E-state index is -0.644. The number of likely N-dealkylation sites (tertiary alicyclic amines) is 1. The molecule has 1 saturated heterocycles. The van der Waals surface area contributed by atoms with Gasteiger partial charge in [0.1, 0.15) is 5.57 Å². The van der Waals surface area contributed by atoms with Crippen molar-refractivity contribution in [1.29, 1.82) is 0 Å². The van der Waals surface area contributed by atoms with Gasteiger partial charge >= 0.3 is 0 Å². The second-order valence-electron chi connectivity index (χ2n) is 8.40. The zero-order chi connectivity index (χ0) is 21.0. The Labute approximate surface area is 172 Å². The second kappa shape index (κ2) is 8.80. The lowest BCUT2D eigenvalue weighted by Gasteiger charge is -2.31. The summed E-state index contributed by atoms with van der Waals surface area (Å²) in [6, 6.07) is 7.78. The number of nitrogens with one attached hydrogen (secondary N) is 1. The van der Waals surface area contributed by atoms with Crippen molar-refractivity contribution >= 4 is 17.5 Å². The molecule has 0 aliphatic carbocycles. The van der Waals surface area contributed by atoms with E-state index in [0.717, 1.165) is 43.2 Å². The Kier molecular flexibility index (Phi) is 6.40. The molecule has 0 aromatic heterocycles. The van der Waals surface area contributed by atoms with E-state index < -0.39 is 17.2 Å². The van der Waals surface area contributed by atoms with Crippen LogP contribution in [0.4, 0.5) is 0 Å². The Hall–Kier alpha value is -2.63. The number of fused-ring (bicyclic) bond motifs is 1. The fourth-order valence-electron chi connectivity index (χ4n) is 4.07. The molecule has 2 aliphatic heterocycles. The molecule has 2 amide bonds. The molecule has 3 rings (SSSR count). The highest BCUT2D eigenvalue weighted by Crippen LogP contribution is 2.31. The summed E-state index contributed by atoms with van der Waals surface area (Å²) in [5.74, 6) is -1.51. The van der Waals surface area contributed by atoms with Gasteiger partial charge in [0.2, 0.25) is 0 Å². The Bertz CT molecular complexity index is 847. The van der Waals surface area contributed by atoms with Crippen molar-refractivity contribution in [2.24, 2.45) is 4.99 Å². The third-order valence-electron chi connectivity index (χ3n) is 5.44. The number of carbonyl (C=O) groups excluding carboxylic acids is 2. The number of carbonyl (C=O) groups is 2. The number of benzene rings is 1. The molecule has 6 heteroatoms. The van der Waals surface area contributed by atoms with Crippen molar-refractivity contribution in [3.63, 3.8) is 0 Å². The van der Waals surface area contributed by atoms with Gasteiger partial charge in [0.25, 0.3) is 11.8 Å². The summed E-state index contributed by atoms with van der Waals surface area (Å²) in [7, 11) is 0.